The van der Waals surface area contributed by atoms with Gasteiger partial charge in [0.15, 0.2) is 0 Å². The summed E-state index contributed by atoms with van der Waals surface area (Å²) in [7, 11) is 0. The molecule has 0 heteroatoms. The van der Waals surface area contributed by atoms with Gasteiger partial charge in [-0.05, 0) is 229 Å². The molecule has 328 valence electrons. The molecular weight excluding hydrogens is 793 g/mol. The van der Waals surface area contributed by atoms with Crippen LogP contribution in [0.15, 0.2) is 133 Å². The fourth-order valence-electron chi connectivity index (χ4n) is 10.8. The molecule has 0 bridgehead atoms. The molecule has 0 radical (unpaired) electrons. The summed E-state index contributed by atoms with van der Waals surface area (Å²) in [6.45, 7) is 26.8. The smallest absolute Gasteiger partial charge is 0.00946 e. The van der Waals surface area contributed by atoms with Crippen molar-refractivity contribution in [3.8, 4) is 0 Å². The Balaban J connectivity index is 1.25. The minimum Gasteiger partial charge on any atom is -0.0616 e. The largest absolute Gasteiger partial charge is 0.0616 e. The molecule has 0 saturated heterocycles. The molecule has 0 aliphatic rings. The van der Waals surface area contributed by atoms with E-state index in [1.807, 2.05) is 0 Å². The molecule has 0 saturated carbocycles. The van der Waals surface area contributed by atoms with Crippen LogP contribution in [0.4, 0.5) is 0 Å². The quantitative estimate of drug-likeness (QED) is 0.120. The fraction of sp³-hybridized carbons (Fsp3) is 0.182. The van der Waals surface area contributed by atoms with Gasteiger partial charge in [-0.25, -0.2) is 0 Å². The number of hydrogen-bond acceptors (Lipinski definition) is 0. The van der Waals surface area contributed by atoms with E-state index in [2.05, 4.69) is 253 Å². The first-order valence-electron chi connectivity index (χ1n) is 23.5. The Hall–Kier alpha value is -7.02. The number of aryl methyl sites for hydroxylation is 12. The topological polar surface area (TPSA) is 0 Å². The molecule has 66 heavy (non-hydrogen) atoms. The molecule has 0 atom stereocenters. The Bertz CT molecular complexity index is 2860. The predicted octanol–water partition coefficient (Wildman–Crippen LogP) is 18.1. The molecule has 0 N–H and O–H groups in total. The summed E-state index contributed by atoms with van der Waals surface area (Å²) in [6.07, 6.45) is 14.1. The first-order chi connectivity index (χ1) is 31.6. The lowest BCUT2D eigenvalue weighted by atomic mass is 9.83. The zero-order valence-corrected chi connectivity index (χ0v) is 41.2. The van der Waals surface area contributed by atoms with Gasteiger partial charge < -0.3 is 0 Å². The lowest BCUT2D eigenvalue weighted by Crippen LogP contribution is -2.01. The fourth-order valence-corrected chi connectivity index (χ4v) is 10.8. The van der Waals surface area contributed by atoms with Crippen molar-refractivity contribution in [3.63, 3.8) is 0 Å². The average Bonchev–Trinajstić information content (AvgIpc) is 3.24. The maximum Gasteiger partial charge on any atom is -0.00946 e. The van der Waals surface area contributed by atoms with E-state index in [0.717, 1.165) is 0 Å². The van der Waals surface area contributed by atoms with Crippen LogP contribution in [-0.2, 0) is 0 Å². The second-order valence-corrected chi connectivity index (χ2v) is 19.0. The summed E-state index contributed by atoms with van der Waals surface area (Å²) in [5, 5.41) is 2.45. The van der Waals surface area contributed by atoms with Crippen LogP contribution in [0.5, 0.6) is 0 Å². The van der Waals surface area contributed by atoms with E-state index in [0.29, 0.717) is 0 Å². The zero-order chi connectivity index (χ0) is 46.8. The van der Waals surface area contributed by atoms with Crippen LogP contribution in [0.25, 0.3) is 58.4 Å². The van der Waals surface area contributed by atoms with Gasteiger partial charge in [0.05, 0.1) is 0 Å². The number of rotatable bonds is 10. The van der Waals surface area contributed by atoms with Crippen molar-refractivity contribution in [2.24, 2.45) is 0 Å². The highest BCUT2D eigenvalue weighted by Gasteiger charge is 2.19. The van der Waals surface area contributed by atoms with Gasteiger partial charge in [-0.2, -0.15) is 0 Å². The van der Waals surface area contributed by atoms with Crippen molar-refractivity contribution in [1.29, 1.82) is 0 Å². The van der Waals surface area contributed by atoms with E-state index < -0.39 is 0 Å². The van der Waals surface area contributed by atoms with Gasteiger partial charge in [0, 0.05) is 0 Å². The summed E-state index contributed by atoms with van der Waals surface area (Å²) in [5.74, 6) is 0. The summed E-state index contributed by atoms with van der Waals surface area (Å²) in [6, 6.07) is 49.6. The lowest BCUT2D eigenvalue weighted by Gasteiger charge is -2.20. The molecule has 8 rings (SSSR count). The van der Waals surface area contributed by atoms with Gasteiger partial charge >= 0.3 is 0 Å². The summed E-state index contributed by atoms with van der Waals surface area (Å²) in [5.41, 5.74) is 30.4. The standard InChI is InChI=1S/C66H64/c1-41-29-45(5)63(46(6)30-41)61(64-47(7)31-42(2)32-48(64)8)39-57-23-15-13-19-53(57)25-27-59-37-55-21-17-18-22-56(55)38-60(59)28-26-54-20-14-16-24-58(54)40-62(65-49(9)33-43(3)34-50(65)10)66-51(11)35-44(4)36-52(66)12/h13-40H,1-12H3. The van der Waals surface area contributed by atoms with Gasteiger partial charge in [-0.3, -0.25) is 0 Å². The minimum atomic E-state index is 1.17. The molecule has 0 heterocycles. The molecule has 0 spiro atoms. The Kier molecular flexibility index (Phi) is 13.3. The Morgan fingerprint density at radius 2 is 0.485 bits per heavy atom. The van der Waals surface area contributed by atoms with Gasteiger partial charge in [0.25, 0.3) is 0 Å². The molecule has 0 aliphatic heterocycles. The van der Waals surface area contributed by atoms with Gasteiger partial charge in [-0.1, -0.05) is 168 Å². The summed E-state index contributed by atoms with van der Waals surface area (Å²) in [4.78, 5) is 0. The van der Waals surface area contributed by atoms with Crippen LogP contribution in [0.2, 0.25) is 0 Å². The molecule has 0 amide bonds. The Morgan fingerprint density at radius 3 is 0.758 bits per heavy atom. The normalized spacial score (nSPS) is 11.5. The molecule has 8 aromatic carbocycles. The molecule has 0 fully saturated rings. The van der Waals surface area contributed by atoms with Crippen molar-refractivity contribution in [2.45, 2.75) is 83.1 Å². The van der Waals surface area contributed by atoms with Gasteiger partial charge in [0.1, 0.15) is 0 Å². The number of fused-ring (bicyclic) bond motifs is 1. The second kappa shape index (κ2) is 19.2. The molecule has 0 nitrogen and oxygen atoms in total. The number of benzene rings is 8. The van der Waals surface area contributed by atoms with Crippen LogP contribution in [0, 0.1) is 83.1 Å². The van der Waals surface area contributed by atoms with Crippen molar-refractivity contribution in [1.82, 2.24) is 0 Å². The molecular formula is C66H64. The monoisotopic (exact) mass is 857 g/mol. The minimum absolute atomic E-state index is 1.17. The van der Waals surface area contributed by atoms with Crippen LogP contribution < -0.4 is 0 Å². The third-order valence-corrected chi connectivity index (χ3v) is 13.2. The Morgan fingerprint density at radius 1 is 0.258 bits per heavy atom. The summed E-state index contributed by atoms with van der Waals surface area (Å²) >= 11 is 0. The van der Waals surface area contributed by atoms with Gasteiger partial charge in [-0.15, -0.1) is 0 Å². The lowest BCUT2D eigenvalue weighted by molar-refractivity contribution is 1.25. The van der Waals surface area contributed by atoms with Gasteiger partial charge in [0.2, 0.25) is 0 Å². The third-order valence-electron chi connectivity index (χ3n) is 13.2. The highest BCUT2D eigenvalue weighted by Crippen LogP contribution is 2.39. The van der Waals surface area contributed by atoms with Crippen molar-refractivity contribution in [3.05, 3.63) is 256 Å². The zero-order valence-electron chi connectivity index (χ0n) is 41.2. The van der Waals surface area contributed by atoms with Crippen molar-refractivity contribution >= 4 is 58.4 Å². The first kappa shape index (κ1) is 45.5. The van der Waals surface area contributed by atoms with Crippen LogP contribution in [0.3, 0.4) is 0 Å². The van der Waals surface area contributed by atoms with Crippen LogP contribution in [0.1, 0.15) is 122 Å². The van der Waals surface area contributed by atoms with E-state index in [1.54, 1.807) is 0 Å². The molecule has 0 aromatic heterocycles. The van der Waals surface area contributed by atoms with Crippen molar-refractivity contribution < 1.29 is 0 Å². The van der Waals surface area contributed by atoms with E-state index in [-0.39, 0.29) is 0 Å². The van der Waals surface area contributed by atoms with E-state index in [1.165, 1.54) is 144 Å². The van der Waals surface area contributed by atoms with E-state index in [4.69, 9.17) is 0 Å². The van der Waals surface area contributed by atoms with Crippen molar-refractivity contribution in [2.75, 3.05) is 0 Å². The van der Waals surface area contributed by atoms with E-state index >= 15 is 0 Å². The molecule has 0 aliphatic carbocycles. The maximum absolute atomic E-state index is 2.42. The predicted molar refractivity (Wildman–Crippen MR) is 291 cm³/mol. The SMILES string of the molecule is Cc1cc(C)c(C(=Cc2ccccc2C=Cc2cc3ccccc3cc2C=Cc2ccccc2C=C(c2c(C)cc(C)cc2C)c2c(C)cc(C)cc2C)c2c(C)cc(C)cc2C)c(C)c1. The van der Waals surface area contributed by atoms with Crippen LogP contribution in [-0.4, -0.2) is 0 Å². The second-order valence-electron chi connectivity index (χ2n) is 19.0. The first-order valence-corrected chi connectivity index (χ1v) is 23.5. The third kappa shape index (κ3) is 9.66. The highest BCUT2D eigenvalue weighted by molar-refractivity contribution is 5.99. The number of hydrogen-bond donors (Lipinski definition) is 0. The average molecular weight is 857 g/mol. The van der Waals surface area contributed by atoms with E-state index in [9.17, 15) is 0 Å². The van der Waals surface area contributed by atoms with Crippen LogP contribution >= 0.6 is 0 Å². The highest BCUT2D eigenvalue weighted by atomic mass is 14.2. The Labute approximate surface area is 395 Å². The summed E-state index contributed by atoms with van der Waals surface area (Å²) < 4.78 is 0. The molecule has 8 aromatic rings. The maximum atomic E-state index is 2.42. The molecule has 0 unspecified atom stereocenters.